The summed E-state index contributed by atoms with van der Waals surface area (Å²) < 4.78 is 2.32. The van der Waals surface area contributed by atoms with Crippen LogP contribution in [0.2, 0.25) is 0 Å². The van der Waals surface area contributed by atoms with Gasteiger partial charge in [-0.05, 0) is 81.2 Å². The number of nitrogens with zero attached hydrogens (tertiary/aromatic N) is 2. The Morgan fingerprint density at radius 1 is 1.11 bits per heavy atom. The molecule has 0 amide bonds. The Labute approximate surface area is 180 Å². The Bertz CT molecular complexity index is 944. The normalized spacial score (nSPS) is 12.6. The van der Waals surface area contributed by atoms with Crippen LogP contribution in [0.3, 0.4) is 0 Å². The number of thiophene rings is 1. The fourth-order valence-corrected chi connectivity index (χ4v) is 5.78. The van der Waals surface area contributed by atoms with E-state index in [0.29, 0.717) is 5.92 Å². The zero-order valence-electron chi connectivity index (χ0n) is 17.2. The van der Waals surface area contributed by atoms with E-state index in [1.165, 1.54) is 27.0 Å². The third kappa shape index (κ3) is 4.64. The summed E-state index contributed by atoms with van der Waals surface area (Å²) in [5, 5.41) is 11.8. The van der Waals surface area contributed by atoms with Crippen molar-refractivity contribution in [3.8, 4) is 11.1 Å². The highest BCUT2D eigenvalue weighted by Crippen LogP contribution is 2.38. The third-order valence-corrected chi connectivity index (χ3v) is 6.82. The molecule has 0 radical (unpaired) electrons. The van der Waals surface area contributed by atoms with Gasteiger partial charge in [0, 0.05) is 22.0 Å². The smallest absolute Gasteiger partial charge is 0.126 e. The summed E-state index contributed by atoms with van der Waals surface area (Å²) >= 11 is 5.35. The maximum absolute atomic E-state index is 9.54. The number of aryl methyl sites for hydroxylation is 4. The topological polar surface area (TPSA) is 46.0 Å². The van der Waals surface area contributed by atoms with E-state index in [4.69, 9.17) is 9.97 Å². The third-order valence-electron chi connectivity index (χ3n) is 5.35. The van der Waals surface area contributed by atoms with Crippen LogP contribution < -0.4 is 0 Å². The SMILES string of the molecule is CCCC(CO)CCCc1nc(C)nc2c(-c3c(C)cc(Br)cc3C)csc12. The predicted octanol–water partition coefficient (Wildman–Crippen LogP) is 6.78. The van der Waals surface area contributed by atoms with Crippen LogP contribution in [0.25, 0.3) is 21.3 Å². The van der Waals surface area contributed by atoms with Crippen molar-refractivity contribution < 1.29 is 5.11 Å². The van der Waals surface area contributed by atoms with Crippen LogP contribution in [0, 0.1) is 26.7 Å². The standard InChI is InChI=1S/C23H29BrN2OS/c1-5-7-17(12-27)8-6-9-20-23-22(26-16(4)25-20)19(13-28-23)21-14(2)10-18(24)11-15(21)3/h10-11,13,17,27H,5-9,12H2,1-4H3. The van der Waals surface area contributed by atoms with Gasteiger partial charge in [-0.1, -0.05) is 29.3 Å². The van der Waals surface area contributed by atoms with Crippen molar-refractivity contribution in [1.29, 1.82) is 0 Å². The average Bonchev–Trinajstić information content (AvgIpc) is 3.03. The molecule has 0 bridgehead atoms. The molecule has 1 aromatic carbocycles. The number of benzene rings is 1. The van der Waals surface area contributed by atoms with Crippen molar-refractivity contribution in [2.45, 2.75) is 59.8 Å². The summed E-state index contributed by atoms with van der Waals surface area (Å²) in [5.74, 6) is 1.25. The molecule has 0 aliphatic carbocycles. The van der Waals surface area contributed by atoms with Gasteiger partial charge in [0.15, 0.2) is 0 Å². The lowest BCUT2D eigenvalue weighted by atomic mass is 9.96. The Kier molecular flexibility index (Phi) is 7.24. The molecule has 0 saturated heterocycles. The fraction of sp³-hybridized carbons (Fsp3) is 0.478. The first-order valence-corrected chi connectivity index (χ1v) is 11.7. The first-order chi connectivity index (χ1) is 13.4. The molecule has 2 heterocycles. The highest BCUT2D eigenvalue weighted by atomic mass is 79.9. The quantitative estimate of drug-likeness (QED) is 0.402. The van der Waals surface area contributed by atoms with Crippen LogP contribution in [-0.4, -0.2) is 21.7 Å². The van der Waals surface area contributed by atoms with Gasteiger partial charge in [0.2, 0.25) is 0 Å². The van der Waals surface area contributed by atoms with Gasteiger partial charge in [0.1, 0.15) is 5.82 Å². The molecular weight excluding hydrogens is 432 g/mol. The summed E-state index contributed by atoms with van der Waals surface area (Å²) in [6.45, 7) is 8.78. The van der Waals surface area contributed by atoms with Gasteiger partial charge in [0.05, 0.1) is 15.9 Å². The minimum absolute atomic E-state index is 0.289. The maximum Gasteiger partial charge on any atom is 0.126 e. The minimum Gasteiger partial charge on any atom is -0.396 e. The van der Waals surface area contributed by atoms with E-state index < -0.39 is 0 Å². The van der Waals surface area contributed by atoms with E-state index in [1.54, 1.807) is 11.3 Å². The van der Waals surface area contributed by atoms with Gasteiger partial charge in [-0.2, -0.15) is 0 Å². The number of aliphatic hydroxyl groups excluding tert-OH is 1. The molecule has 0 saturated carbocycles. The predicted molar refractivity (Wildman–Crippen MR) is 123 cm³/mol. The van der Waals surface area contributed by atoms with Crippen LogP contribution in [0.15, 0.2) is 22.0 Å². The first kappa shape index (κ1) is 21.4. The zero-order valence-corrected chi connectivity index (χ0v) is 19.6. The lowest BCUT2D eigenvalue weighted by Crippen LogP contribution is -2.06. The summed E-state index contributed by atoms with van der Waals surface area (Å²) in [5.41, 5.74) is 7.24. The van der Waals surface area contributed by atoms with Crippen LogP contribution in [-0.2, 0) is 6.42 Å². The van der Waals surface area contributed by atoms with Gasteiger partial charge >= 0.3 is 0 Å². The second-order valence-corrected chi connectivity index (χ2v) is 9.48. The Hall–Kier alpha value is -1.30. The van der Waals surface area contributed by atoms with Crippen molar-refractivity contribution in [2.24, 2.45) is 5.92 Å². The van der Waals surface area contributed by atoms with Gasteiger partial charge in [-0.3, -0.25) is 0 Å². The lowest BCUT2D eigenvalue weighted by molar-refractivity contribution is 0.207. The van der Waals surface area contributed by atoms with Crippen molar-refractivity contribution >= 4 is 37.5 Å². The largest absolute Gasteiger partial charge is 0.396 e. The number of hydrogen-bond donors (Lipinski definition) is 1. The maximum atomic E-state index is 9.54. The summed E-state index contributed by atoms with van der Waals surface area (Å²) in [6.07, 6.45) is 5.28. The highest BCUT2D eigenvalue weighted by molar-refractivity contribution is 9.10. The van der Waals surface area contributed by atoms with Gasteiger partial charge in [-0.15, -0.1) is 11.3 Å². The van der Waals surface area contributed by atoms with Crippen molar-refractivity contribution in [1.82, 2.24) is 9.97 Å². The average molecular weight is 461 g/mol. The molecule has 3 nitrogen and oxygen atoms in total. The Balaban J connectivity index is 1.94. The minimum atomic E-state index is 0.289. The molecule has 3 aromatic rings. The number of fused-ring (bicyclic) bond motifs is 1. The summed E-state index contributed by atoms with van der Waals surface area (Å²) in [7, 11) is 0. The molecule has 0 aliphatic heterocycles. The highest BCUT2D eigenvalue weighted by Gasteiger charge is 2.17. The van der Waals surface area contributed by atoms with E-state index >= 15 is 0 Å². The van der Waals surface area contributed by atoms with E-state index in [2.05, 4.69) is 54.2 Å². The number of rotatable bonds is 8. The monoisotopic (exact) mass is 460 g/mol. The van der Waals surface area contributed by atoms with Gasteiger partial charge < -0.3 is 5.11 Å². The van der Waals surface area contributed by atoms with Crippen LogP contribution in [0.4, 0.5) is 0 Å². The molecule has 2 aromatic heterocycles. The van der Waals surface area contributed by atoms with Crippen molar-refractivity contribution in [3.63, 3.8) is 0 Å². The zero-order chi connectivity index (χ0) is 20.3. The molecule has 1 unspecified atom stereocenters. The molecular formula is C23H29BrN2OS. The molecule has 1 atom stereocenters. The molecule has 0 aliphatic rings. The van der Waals surface area contributed by atoms with E-state index in [0.717, 1.165) is 53.6 Å². The number of hydrogen-bond acceptors (Lipinski definition) is 4. The Morgan fingerprint density at radius 2 is 1.82 bits per heavy atom. The van der Waals surface area contributed by atoms with Crippen LogP contribution in [0.1, 0.15) is 55.3 Å². The van der Waals surface area contributed by atoms with Gasteiger partial charge in [0.25, 0.3) is 0 Å². The molecule has 28 heavy (non-hydrogen) atoms. The summed E-state index contributed by atoms with van der Waals surface area (Å²) in [4.78, 5) is 9.58. The molecule has 150 valence electrons. The molecule has 5 heteroatoms. The van der Waals surface area contributed by atoms with Crippen molar-refractivity contribution in [3.05, 3.63) is 44.6 Å². The van der Waals surface area contributed by atoms with E-state index in [-0.39, 0.29) is 6.61 Å². The molecule has 0 fully saturated rings. The second-order valence-electron chi connectivity index (χ2n) is 7.69. The summed E-state index contributed by atoms with van der Waals surface area (Å²) in [6, 6.07) is 4.34. The molecule has 1 N–H and O–H groups in total. The van der Waals surface area contributed by atoms with E-state index in [9.17, 15) is 5.11 Å². The lowest BCUT2D eigenvalue weighted by Gasteiger charge is -2.13. The van der Waals surface area contributed by atoms with Crippen molar-refractivity contribution in [2.75, 3.05) is 6.61 Å². The van der Waals surface area contributed by atoms with Crippen LogP contribution in [0.5, 0.6) is 0 Å². The molecule has 3 rings (SSSR count). The second kappa shape index (κ2) is 9.47. The molecule has 0 spiro atoms. The Morgan fingerprint density at radius 3 is 2.46 bits per heavy atom. The number of aliphatic hydroxyl groups is 1. The first-order valence-electron chi connectivity index (χ1n) is 10.1. The fourth-order valence-electron chi connectivity index (χ4n) is 4.08. The van der Waals surface area contributed by atoms with Crippen LogP contribution >= 0.6 is 27.3 Å². The van der Waals surface area contributed by atoms with Gasteiger partial charge in [-0.25, -0.2) is 9.97 Å². The number of aromatic nitrogens is 2. The van der Waals surface area contributed by atoms with E-state index in [1.807, 2.05) is 6.92 Å². The number of halogens is 1.